The highest BCUT2D eigenvalue weighted by Crippen LogP contribution is 2.34. The van der Waals surface area contributed by atoms with E-state index >= 15 is 0 Å². The van der Waals surface area contributed by atoms with Crippen LogP contribution in [0.5, 0.6) is 11.5 Å². The molecule has 0 radical (unpaired) electrons. The number of primary amides is 1. The van der Waals surface area contributed by atoms with E-state index in [-0.39, 0.29) is 23.0 Å². The van der Waals surface area contributed by atoms with Crippen LogP contribution in [-0.2, 0) is 9.59 Å². The van der Waals surface area contributed by atoms with Gasteiger partial charge in [0.1, 0.15) is 0 Å². The van der Waals surface area contributed by atoms with E-state index in [1.54, 1.807) is 14.2 Å². The number of nitrogens with zero attached hydrogens (tertiary/aromatic N) is 1. The summed E-state index contributed by atoms with van der Waals surface area (Å²) in [6.07, 6.45) is 1.30. The molecule has 1 aliphatic heterocycles. The fourth-order valence-corrected chi connectivity index (χ4v) is 3.77. The van der Waals surface area contributed by atoms with Gasteiger partial charge in [-0.05, 0) is 38.0 Å². The Labute approximate surface area is 146 Å². The molecule has 2 amide bonds. The third-order valence-corrected chi connectivity index (χ3v) is 5.31. The predicted molar refractivity (Wildman–Crippen MR) is 93.4 cm³/mol. The molecule has 1 aromatic carbocycles. The zero-order valence-corrected chi connectivity index (χ0v) is 15.1. The Morgan fingerprint density at radius 1 is 1.21 bits per heavy atom. The molecule has 0 spiro atoms. The van der Waals surface area contributed by atoms with Gasteiger partial charge >= 0.3 is 0 Å². The molecule has 0 aliphatic carbocycles. The fourth-order valence-electron chi connectivity index (χ4n) is 2.79. The Morgan fingerprint density at radius 3 is 2.38 bits per heavy atom. The normalized spacial score (nSPS) is 16.5. The zero-order chi connectivity index (χ0) is 17.7. The first-order chi connectivity index (χ1) is 11.5. The van der Waals surface area contributed by atoms with E-state index in [0.29, 0.717) is 37.4 Å². The maximum absolute atomic E-state index is 12.6. The molecule has 6 nitrogen and oxygen atoms in total. The Hall–Kier alpha value is -1.89. The number of thioether (sulfide) groups is 1. The predicted octanol–water partition coefficient (Wildman–Crippen LogP) is 1.91. The number of amides is 2. The van der Waals surface area contributed by atoms with E-state index in [4.69, 9.17) is 15.2 Å². The lowest BCUT2D eigenvalue weighted by Crippen LogP contribution is -2.44. The minimum absolute atomic E-state index is 0.0812. The summed E-state index contributed by atoms with van der Waals surface area (Å²) < 4.78 is 10.5. The molecule has 1 heterocycles. The summed E-state index contributed by atoms with van der Waals surface area (Å²) in [5.41, 5.74) is 5.33. The van der Waals surface area contributed by atoms with Crippen LogP contribution in [0.1, 0.15) is 19.8 Å². The highest BCUT2D eigenvalue weighted by Gasteiger charge is 2.28. The van der Waals surface area contributed by atoms with Crippen LogP contribution >= 0.6 is 11.8 Å². The highest BCUT2D eigenvalue weighted by atomic mass is 32.2. The number of carbonyl (C=O) groups excluding carboxylic acids is 2. The van der Waals surface area contributed by atoms with Crippen LogP contribution in [-0.4, -0.2) is 49.3 Å². The highest BCUT2D eigenvalue weighted by molar-refractivity contribution is 8.00. The molecule has 0 unspecified atom stereocenters. The minimum Gasteiger partial charge on any atom is -0.493 e. The van der Waals surface area contributed by atoms with Gasteiger partial charge in [-0.1, -0.05) is 0 Å². The number of carbonyl (C=O) groups is 2. The number of hydrogen-bond donors (Lipinski definition) is 1. The van der Waals surface area contributed by atoms with E-state index in [1.807, 2.05) is 30.0 Å². The van der Waals surface area contributed by atoms with Crippen molar-refractivity contribution in [3.05, 3.63) is 18.2 Å². The molecule has 1 aliphatic rings. The van der Waals surface area contributed by atoms with E-state index in [0.717, 1.165) is 4.90 Å². The molecule has 0 aromatic heterocycles. The van der Waals surface area contributed by atoms with Crippen molar-refractivity contribution in [1.29, 1.82) is 0 Å². The van der Waals surface area contributed by atoms with Crippen LogP contribution in [0.3, 0.4) is 0 Å². The number of rotatable bonds is 6. The fraction of sp³-hybridized carbons (Fsp3) is 0.529. The lowest BCUT2D eigenvalue weighted by molar-refractivity contribution is -0.134. The van der Waals surface area contributed by atoms with Crippen molar-refractivity contribution in [3.63, 3.8) is 0 Å². The molecule has 1 fully saturated rings. The second-order valence-corrected chi connectivity index (χ2v) is 7.19. The number of likely N-dealkylation sites (tertiary alicyclic amines) is 1. The first-order valence-electron chi connectivity index (χ1n) is 7.93. The minimum atomic E-state index is -0.269. The molecular formula is C17H24N2O4S. The Kier molecular flexibility index (Phi) is 6.36. The van der Waals surface area contributed by atoms with Crippen LogP contribution in [0.15, 0.2) is 23.1 Å². The van der Waals surface area contributed by atoms with Gasteiger partial charge in [0.2, 0.25) is 11.8 Å². The van der Waals surface area contributed by atoms with Gasteiger partial charge in [-0.2, -0.15) is 0 Å². The molecule has 1 saturated heterocycles. The Morgan fingerprint density at radius 2 is 1.83 bits per heavy atom. The molecule has 1 aromatic rings. The van der Waals surface area contributed by atoms with Crippen molar-refractivity contribution in [2.75, 3.05) is 27.3 Å². The van der Waals surface area contributed by atoms with Crippen LogP contribution in [0.2, 0.25) is 0 Å². The first-order valence-corrected chi connectivity index (χ1v) is 8.81. The monoisotopic (exact) mass is 352 g/mol. The van der Waals surface area contributed by atoms with Gasteiger partial charge in [-0.25, -0.2) is 0 Å². The quantitative estimate of drug-likeness (QED) is 0.791. The van der Waals surface area contributed by atoms with Gasteiger partial charge in [-0.15, -0.1) is 11.8 Å². The lowest BCUT2D eigenvalue weighted by Gasteiger charge is -2.32. The number of methoxy groups -OCH3 is 2. The van der Waals surface area contributed by atoms with Gasteiger partial charge in [0.05, 0.1) is 19.5 Å². The van der Waals surface area contributed by atoms with Crippen LogP contribution in [0, 0.1) is 5.92 Å². The summed E-state index contributed by atoms with van der Waals surface area (Å²) in [5.74, 6) is 1.01. The number of ether oxygens (including phenoxy) is 2. The second-order valence-electron chi connectivity index (χ2n) is 5.78. The van der Waals surface area contributed by atoms with E-state index in [9.17, 15) is 9.59 Å². The van der Waals surface area contributed by atoms with E-state index in [2.05, 4.69) is 0 Å². The molecule has 24 heavy (non-hydrogen) atoms. The average molecular weight is 352 g/mol. The molecule has 0 bridgehead atoms. The van der Waals surface area contributed by atoms with Crippen molar-refractivity contribution < 1.29 is 19.1 Å². The molecule has 0 saturated carbocycles. The molecule has 7 heteroatoms. The van der Waals surface area contributed by atoms with E-state index in [1.165, 1.54) is 11.8 Å². The van der Waals surface area contributed by atoms with Gasteiger partial charge in [0.15, 0.2) is 11.5 Å². The number of piperidine rings is 1. The molecule has 132 valence electrons. The van der Waals surface area contributed by atoms with Crippen molar-refractivity contribution in [2.45, 2.75) is 29.9 Å². The number of nitrogens with two attached hydrogens (primary N) is 1. The molecular weight excluding hydrogens is 328 g/mol. The SMILES string of the molecule is COc1ccc(S[C@@H](C)C(=O)N2CCC(C(N)=O)CC2)cc1OC. The van der Waals surface area contributed by atoms with Crippen LogP contribution in [0.4, 0.5) is 0 Å². The largest absolute Gasteiger partial charge is 0.493 e. The standard InChI is InChI=1S/C17H24N2O4S/c1-11(17(21)19-8-6-12(7-9-19)16(18)20)24-13-4-5-14(22-2)15(10-13)23-3/h4-5,10-12H,6-9H2,1-3H3,(H2,18,20)/t11-/m0/s1. The van der Waals surface area contributed by atoms with Gasteiger partial charge < -0.3 is 20.1 Å². The zero-order valence-electron chi connectivity index (χ0n) is 14.3. The summed E-state index contributed by atoms with van der Waals surface area (Å²) in [5, 5.41) is -0.215. The Bertz CT molecular complexity index is 600. The number of benzene rings is 1. The first kappa shape index (κ1) is 18.4. The molecule has 1 atom stereocenters. The van der Waals surface area contributed by atoms with Crippen molar-refractivity contribution in [2.24, 2.45) is 11.7 Å². The second kappa shape index (κ2) is 8.28. The Balaban J connectivity index is 1.96. The van der Waals surface area contributed by atoms with Gasteiger partial charge in [-0.3, -0.25) is 9.59 Å². The maximum atomic E-state index is 12.6. The summed E-state index contributed by atoms with van der Waals surface area (Å²) in [7, 11) is 3.18. The lowest BCUT2D eigenvalue weighted by atomic mass is 9.96. The van der Waals surface area contributed by atoms with Crippen molar-refractivity contribution in [3.8, 4) is 11.5 Å². The third kappa shape index (κ3) is 4.35. The number of hydrogen-bond acceptors (Lipinski definition) is 5. The molecule has 2 N–H and O–H groups in total. The van der Waals surface area contributed by atoms with Crippen LogP contribution in [0.25, 0.3) is 0 Å². The van der Waals surface area contributed by atoms with Crippen molar-refractivity contribution in [1.82, 2.24) is 4.90 Å². The molecule has 2 rings (SSSR count). The van der Waals surface area contributed by atoms with E-state index < -0.39 is 0 Å². The topological polar surface area (TPSA) is 81.9 Å². The average Bonchev–Trinajstić information content (AvgIpc) is 2.60. The summed E-state index contributed by atoms with van der Waals surface area (Å²) in [6, 6.07) is 5.61. The van der Waals surface area contributed by atoms with Gasteiger partial charge in [0.25, 0.3) is 0 Å². The smallest absolute Gasteiger partial charge is 0.235 e. The maximum Gasteiger partial charge on any atom is 0.235 e. The summed E-state index contributed by atoms with van der Waals surface area (Å²) in [6.45, 7) is 3.07. The summed E-state index contributed by atoms with van der Waals surface area (Å²) >= 11 is 1.48. The summed E-state index contributed by atoms with van der Waals surface area (Å²) in [4.78, 5) is 26.6. The third-order valence-electron chi connectivity index (χ3n) is 4.22. The van der Waals surface area contributed by atoms with Gasteiger partial charge in [0, 0.05) is 23.9 Å². The van der Waals surface area contributed by atoms with Crippen LogP contribution < -0.4 is 15.2 Å². The van der Waals surface area contributed by atoms with Crippen molar-refractivity contribution >= 4 is 23.6 Å².